The zero-order valence-corrected chi connectivity index (χ0v) is 14.0. The van der Waals surface area contributed by atoms with Gasteiger partial charge in [0.05, 0.1) is 14.2 Å². The predicted octanol–water partition coefficient (Wildman–Crippen LogP) is 2.68. The Labute approximate surface area is 139 Å². The van der Waals surface area contributed by atoms with Crippen molar-refractivity contribution in [1.29, 1.82) is 0 Å². The number of methoxy groups -OCH3 is 2. The fourth-order valence-electron chi connectivity index (χ4n) is 2.53. The Kier molecular flexibility index (Phi) is 4.07. The molecule has 3 rings (SSSR count). The maximum Gasteiger partial charge on any atom is 0.249 e. The van der Waals surface area contributed by atoms with Crippen LogP contribution in [-0.2, 0) is 4.79 Å². The molecular weight excluding hydrogens is 308 g/mol. The molecule has 0 radical (unpaired) electrons. The molecule has 124 valence electrons. The number of ether oxygens (including phenoxy) is 2. The minimum atomic E-state index is -0.205. The van der Waals surface area contributed by atoms with E-state index in [4.69, 9.17) is 9.47 Å². The van der Waals surface area contributed by atoms with Crippen molar-refractivity contribution in [3.8, 4) is 22.6 Å². The fourth-order valence-corrected chi connectivity index (χ4v) is 2.53. The predicted molar refractivity (Wildman–Crippen MR) is 90.6 cm³/mol. The number of nitrogens with one attached hydrogen (secondary N) is 1. The zero-order valence-electron chi connectivity index (χ0n) is 14.0. The van der Waals surface area contributed by atoms with Crippen molar-refractivity contribution in [2.75, 3.05) is 19.5 Å². The van der Waals surface area contributed by atoms with E-state index in [-0.39, 0.29) is 11.9 Å². The molecule has 1 N–H and O–H groups in total. The lowest BCUT2D eigenvalue weighted by Crippen LogP contribution is -2.07. The average molecular weight is 326 g/mol. The highest BCUT2D eigenvalue weighted by atomic mass is 16.5. The quantitative estimate of drug-likeness (QED) is 0.797. The number of fused-ring (bicyclic) bond motifs is 1. The molecule has 24 heavy (non-hydrogen) atoms. The van der Waals surface area contributed by atoms with Crippen LogP contribution in [0.2, 0.25) is 0 Å². The number of aryl methyl sites for hydroxylation is 1. The largest absolute Gasteiger partial charge is 0.493 e. The summed E-state index contributed by atoms with van der Waals surface area (Å²) < 4.78 is 12.3. The molecule has 3 aromatic rings. The van der Waals surface area contributed by atoms with E-state index in [0.717, 1.165) is 16.7 Å². The number of anilines is 1. The monoisotopic (exact) mass is 326 g/mol. The fraction of sp³-hybridized carbons (Fsp3) is 0.235. The summed E-state index contributed by atoms with van der Waals surface area (Å²) in [5.74, 6) is 1.41. The standard InChI is InChI=1S/C17H18N4O3/c1-10-7-13(12-5-6-14(23-3)15(8-12)24-4)9-21-16(10)19-17(20-21)18-11(2)22/h5-9H,1-4H3,(H,18,20,22). The lowest BCUT2D eigenvalue weighted by atomic mass is 10.1. The molecule has 0 saturated carbocycles. The lowest BCUT2D eigenvalue weighted by Gasteiger charge is -2.10. The summed E-state index contributed by atoms with van der Waals surface area (Å²) in [6.07, 6.45) is 1.86. The number of rotatable bonds is 4. The van der Waals surface area contributed by atoms with Gasteiger partial charge in [-0.1, -0.05) is 6.07 Å². The van der Waals surface area contributed by atoms with E-state index in [1.54, 1.807) is 18.7 Å². The van der Waals surface area contributed by atoms with Crippen molar-refractivity contribution in [2.24, 2.45) is 0 Å². The second kappa shape index (κ2) is 6.19. The van der Waals surface area contributed by atoms with Gasteiger partial charge in [-0.3, -0.25) is 10.1 Å². The van der Waals surface area contributed by atoms with E-state index in [2.05, 4.69) is 15.4 Å². The van der Waals surface area contributed by atoms with Gasteiger partial charge in [-0.25, -0.2) is 4.52 Å². The minimum absolute atomic E-state index is 0.205. The van der Waals surface area contributed by atoms with Crippen LogP contribution in [0.5, 0.6) is 11.5 Å². The molecule has 0 fully saturated rings. The van der Waals surface area contributed by atoms with Crippen LogP contribution in [0.15, 0.2) is 30.5 Å². The van der Waals surface area contributed by atoms with E-state index in [0.29, 0.717) is 17.1 Å². The number of hydrogen-bond donors (Lipinski definition) is 1. The number of amides is 1. The van der Waals surface area contributed by atoms with Crippen LogP contribution in [-0.4, -0.2) is 34.7 Å². The Hall–Kier alpha value is -3.09. The van der Waals surface area contributed by atoms with E-state index in [1.165, 1.54) is 6.92 Å². The summed E-state index contributed by atoms with van der Waals surface area (Å²) in [5, 5.41) is 6.89. The number of nitrogens with zero attached hydrogens (tertiary/aromatic N) is 3. The van der Waals surface area contributed by atoms with Gasteiger partial charge in [0.1, 0.15) is 0 Å². The number of pyridine rings is 1. The van der Waals surface area contributed by atoms with E-state index in [9.17, 15) is 4.79 Å². The van der Waals surface area contributed by atoms with Gasteiger partial charge in [0, 0.05) is 18.7 Å². The Morgan fingerprint density at radius 2 is 1.88 bits per heavy atom. The van der Waals surface area contributed by atoms with Gasteiger partial charge >= 0.3 is 0 Å². The highest BCUT2D eigenvalue weighted by Crippen LogP contribution is 2.32. The first-order valence-electron chi connectivity index (χ1n) is 7.39. The van der Waals surface area contributed by atoms with Crippen LogP contribution in [0.25, 0.3) is 16.8 Å². The summed E-state index contributed by atoms with van der Waals surface area (Å²) in [4.78, 5) is 15.5. The molecule has 2 aromatic heterocycles. The zero-order chi connectivity index (χ0) is 17.3. The SMILES string of the molecule is COc1ccc(-c2cc(C)c3nc(NC(C)=O)nn3c2)cc1OC. The average Bonchev–Trinajstić information content (AvgIpc) is 2.96. The van der Waals surface area contributed by atoms with Gasteiger partial charge in [0.15, 0.2) is 17.1 Å². The third kappa shape index (κ3) is 2.88. The van der Waals surface area contributed by atoms with Crippen molar-refractivity contribution in [1.82, 2.24) is 14.6 Å². The Morgan fingerprint density at radius 1 is 1.12 bits per heavy atom. The van der Waals surface area contributed by atoms with Gasteiger partial charge in [-0.05, 0) is 36.2 Å². The van der Waals surface area contributed by atoms with Crippen LogP contribution < -0.4 is 14.8 Å². The van der Waals surface area contributed by atoms with Crippen molar-refractivity contribution in [3.05, 3.63) is 36.0 Å². The second-order valence-electron chi connectivity index (χ2n) is 5.37. The molecule has 0 unspecified atom stereocenters. The molecule has 7 nitrogen and oxygen atoms in total. The van der Waals surface area contributed by atoms with Crippen LogP contribution in [0, 0.1) is 6.92 Å². The van der Waals surface area contributed by atoms with Crippen LogP contribution in [0.1, 0.15) is 12.5 Å². The Morgan fingerprint density at radius 3 is 2.54 bits per heavy atom. The van der Waals surface area contributed by atoms with Crippen molar-refractivity contribution in [3.63, 3.8) is 0 Å². The molecule has 0 saturated heterocycles. The van der Waals surface area contributed by atoms with E-state index >= 15 is 0 Å². The molecule has 7 heteroatoms. The van der Waals surface area contributed by atoms with Gasteiger partial charge in [-0.2, -0.15) is 4.98 Å². The number of hydrogen-bond acceptors (Lipinski definition) is 5. The minimum Gasteiger partial charge on any atom is -0.493 e. The molecule has 2 heterocycles. The summed E-state index contributed by atoms with van der Waals surface area (Å²) >= 11 is 0. The molecule has 0 aliphatic heterocycles. The van der Waals surface area contributed by atoms with Gasteiger partial charge < -0.3 is 9.47 Å². The summed E-state index contributed by atoms with van der Waals surface area (Å²) in [7, 11) is 3.21. The Balaban J connectivity index is 2.08. The first kappa shape index (κ1) is 15.8. The highest BCUT2D eigenvalue weighted by molar-refractivity contribution is 5.87. The molecule has 0 atom stereocenters. The number of aromatic nitrogens is 3. The first-order valence-corrected chi connectivity index (χ1v) is 7.39. The smallest absolute Gasteiger partial charge is 0.249 e. The maximum atomic E-state index is 11.2. The molecular formula is C17H18N4O3. The van der Waals surface area contributed by atoms with Gasteiger partial charge in [0.2, 0.25) is 11.9 Å². The normalized spacial score (nSPS) is 10.7. The lowest BCUT2D eigenvalue weighted by molar-refractivity contribution is -0.114. The maximum absolute atomic E-state index is 11.2. The number of carbonyl (C=O) groups excluding carboxylic acids is 1. The van der Waals surface area contributed by atoms with Gasteiger partial charge in [-0.15, -0.1) is 5.10 Å². The summed E-state index contributed by atoms with van der Waals surface area (Å²) in [5.41, 5.74) is 3.57. The molecule has 1 aromatic carbocycles. The molecule has 1 amide bonds. The van der Waals surface area contributed by atoms with Crippen LogP contribution >= 0.6 is 0 Å². The molecule has 0 aliphatic rings. The molecule has 0 aliphatic carbocycles. The van der Waals surface area contributed by atoms with E-state index in [1.807, 2.05) is 37.4 Å². The first-order chi connectivity index (χ1) is 11.5. The molecule has 0 bridgehead atoms. The molecule has 0 spiro atoms. The third-order valence-electron chi connectivity index (χ3n) is 3.62. The van der Waals surface area contributed by atoms with Crippen LogP contribution in [0.4, 0.5) is 5.95 Å². The summed E-state index contributed by atoms with van der Waals surface area (Å²) in [6.45, 7) is 3.37. The third-order valence-corrected chi connectivity index (χ3v) is 3.62. The van der Waals surface area contributed by atoms with E-state index < -0.39 is 0 Å². The number of carbonyl (C=O) groups is 1. The van der Waals surface area contributed by atoms with Crippen molar-refractivity contribution < 1.29 is 14.3 Å². The van der Waals surface area contributed by atoms with Crippen LogP contribution in [0.3, 0.4) is 0 Å². The number of benzene rings is 1. The highest BCUT2D eigenvalue weighted by Gasteiger charge is 2.11. The van der Waals surface area contributed by atoms with Crippen molar-refractivity contribution in [2.45, 2.75) is 13.8 Å². The second-order valence-corrected chi connectivity index (χ2v) is 5.37. The topological polar surface area (TPSA) is 77.8 Å². The van der Waals surface area contributed by atoms with Crippen molar-refractivity contribution >= 4 is 17.5 Å². The van der Waals surface area contributed by atoms with Gasteiger partial charge in [0.25, 0.3) is 0 Å². The Bertz CT molecular complexity index is 918. The summed E-state index contributed by atoms with van der Waals surface area (Å²) in [6, 6.07) is 7.74.